The monoisotopic (exact) mass is 369 g/mol. The van der Waals surface area contributed by atoms with E-state index < -0.39 is 6.10 Å². The maximum absolute atomic E-state index is 12.6. The minimum Gasteiger partial charge on any atom is -0.392 e. The van der Waals surface area contributed by atoms with Crippen molar-refractivity contribution in [1.29, 1.82) is 0 Å². The number of aliphatic hydroxyl groups is 1. The number of aliphatic hydroxyl groups excluding tert-OH is 1. The normalized spacial score (nSPS) is 16.3. The van der Waals surface area contributed by atoms with Crippen LogP contribution in [0.15, 0.2) is 35.1 Å². The average molecular weight is 369 g/mol. The highest BCUT2D eigenvalue weighted by Gasteiger charge is 2.28. The van der Waals surface area contributed by atoms with E-state index in [1.807, 2.05) is 30.3 Å². The SMILES string of the molecule is Cc1nc(C)c(CC(=O)N2CCC([C@@H](O)Cc3ccccc3)CC2)c(=O)[nH]1. The summed E-state index contributed by atoms with van der Waals surface area (Å²) in [6.45, 7) is 4.72. The molecule has 27 heavy (non-hydrogen) atoms. The van der Waals surface area contributed by atoms with Crippen LogP contribution in [-0.4, -0.2) is 45.1 Å². The second-order valence-electron chi connectivity index (χ2n) is 7.37. The number of benzene rings is 1. The summed E-state index contributed by atoms with van der Waals surface area (Å²) in [5.41, 5.74) is 1.95. The molecule has 0 saturated carbocycles. The van der Waals surface area contributed by atoms with Gasteiger partial charge in [-0.05, 0) is 44.6 Å². The minimum atomic E-state index is -0.393. The fourth-order valence-electron chi connectivity index (χ4n) is 3.78. The van der Waals surface area contributed by atoms with Crippen LogP contribution in [0.5, 0.6) is 0 Å². The number of H-pyrrole nitrogens is 1. The Hall–Kier alpha value is -2.47. The van der Waals surface area contributed by atoms with E-state index in [0.29, 0.717) is 36.6 Å². The Bertz CT molecular complexity index is 839. The number of hydrogen-bond acceptors (Lipinski definition) is 4. The van der Waals surface area contributed by atoms with E-state index >= 15 is 0 Å². The number of nitrogens with one attached hydrogen (secondary N) is 1. The molecule has 0 aliphatic carbocycles. The lowest BCUT2D eigenvalue weighted by Crippen LogP contribution is -2.43. The zero-order chi connectivity index (χ0) is 19.4. The molecule has 1 aliphatic heterocycles. The maximum Gasteiger partial charge on any atom is 0.254 e. The molecule has 2 aromatic rings. The summed E-state index contributed by atoms with van der Waals surface area (Å²) >= 11 is 0. The molecule has 144 valence electrons. The molecule has 1 atom stereocenters. The summed E-state index contributed by atoms with van der Waals surface area (Å²) in [5, 5.41) is 10.5. The summed E-state index contributed by atoms with van der Waals surface area (Å²) in [6.07, 6.45) is 1.88. The van der Waals surface area contributed by atoms with Gasteiger partial charge in [0.05, 0.1) is 12.5 Å². The number of carbonyl (C=O) groups excluding carboxylic acids is 1. The Morgan fingerprint density at radius 3 is 2.56 bits per heavy atom. The summed E-state index contributed by atoms with van der Waals surface area (Å²) in [4.78, 5) is 33.4. The first kappa shape index (κ1) is 19.3. The largest absolute Gasteiger partial charge is 0.392 e. The van der Waals surface area contributed by atoms with Crippen LogP contribution in [0.2, 0.25) is 0 Å². The van der Waals surface area contributed by atoms with Gasteiger partial charge >= 0.3 is 0 Å². The number of nitrogens with zero attached hydrogens (tertiary/aromatic N) is 2. The number of rotatable bonds is 5. The zero-order valence-corrected chi connectivity index (χ0v) is 15.9. The van der Waals surface area contributed by atoms with Crippen molar-refractivity contribution in [2.24, 2.45) is 5.92 Å². The van der Waals surface area contributed by atoms with Gasteiger partial charge in [-0.25, -0.2) is 4.98 Å². The lowest BCUT2D eigenvalue weighted by Gasteiger charge is -2.34. The number of carbonyl (C=O) groups is 1. The number of piperidine rings is 1. The van der Waals surface area contributed by atoms with Crippen LogP contribution in [0.1, 0.15) is 35.5 Å². The Labute approximate surface area is 159 Å². The fourth-order valence-corrected chi connectivity index (χ4v) is 3.78. The van der Waals surface area contributed by atoms with Gasteiger partial charge in [0.15, 0.2) is 0 Å². The van der Waals surface area contributed by atoms with E-state index in [1.165, 1.54) is 0 Å². The smallest absolute Gasteiger partial charge is 0.254 e. The van der Waals surface area contributed by atoms with E-state index in [1.54, 1.807) is 18.7 Å². The number of aromatic nitrogens is 2. The number of aryl methyl sites for hydroxylation is 2. The van der Waals surface area contributed by atoms with Crippen LogP contribution in [0.25, 0.3) is 0 Å². The number of amides is 1. The molecular weight excluding hydrogens is 342 g/mol. The quantitative estimate of drug-likeness (QED) is 0.841. The van der Waals surface area contributed by atoms with Crippen LogP contribution < -0.4 is 5.56 Å². The van der Waals surface area contributed by atoms with Crippen LogP contribution in [0, 0.1) is 19.8 Å². The second-order valence-corrected chi connectivity index (χ2v) is 7.37. The van der Waals surface area contributed by atoms with Crippen molar-refractivity contribution in [3.05, 3.63) is 63.3 Å². The third-order valence-corrected chi connectivity index (χ3v) is 5.39. The summed E-state index contributed by atoms with van der Waals surface area (Å²) < 4.78 is 0. The van der Waals surface area contributed by atoms with Gasteiger partial charge in [0.1, 0.15) is 5.82 Å². The highest BCUT2D eigenvalue weighted by atomic mass is 16.3. The summed E-state index contributed by atoms with van der Waals surface area (Å²) in [5.74, 6) is 0.701. The van der Waals surface area contributed by atoms with Crippen LogP contribution >= 0.6 is 0 Å². The molecular formula is C21H27N3O3. The molecule has 0 spiro atoms. The van der Waals surface area contributed by atoms with E-state index in [0.717, 1.165) is 18.4 Å². The number of likely N-dealkylation sites (tertiary alicyclic amines) is 1. The van der Waals surface area contributed by atoms with E-state index in [-0.39, 0.29) is 23.8 Å². The van der Waals surface area contributed by atoms with Crippen molar-refractivity contribution < 1.29 is 9.90 Å². The second kappa shape index (κ2) is 8.48. The first-order valence-corrected chi connectivity index (χ1v) is 9.50. The highest BCUT2D eigenvalue weighted by Crippen LogP contribution is 2.23. The van der Waals surface area contributed by atoms with E-state index in [2.05, 4.69) is 9.97 Å². The van der Waals surface area contributed by atoms with Crippen molar-refractivity contribution in [3.63, 3.8) is 0 Å². The molecule has 0 radical (unpaired) electrons. The lowest BCUT2D eigenvalue weighted by atomic mass is 9.88. The summed E-state index contributed by atoms with van der Waals surface area (Å²) in [7, 11) is 0. The Morgan fingerprint density at radius 1 is 1.26 bits per heavy atom. The molecule has 0 unspecified atom stereocenters. The Balaban J connectivity index is 1.54. The Morgan fingerprint density at radius 2 is 1.93 bits per heavy atom. The van der Waals surface area contributed by atoms with Crippen molar-refractivity contribution in [1.82, 2.24) is 14.9 Å². The third kappa shape index (κ3) is 4.83. The standard InChI is InChI=1S/C21H27N3O3/c1-14-18(21(27)23-15(2)22-14)13-20(26)24-10-8-17(9-11-24)19(25)12-16-6-4-3-5-7-16/h3-7,17,19,25H,8-13H2,1-2H3,(H,22,23,27)/t19-/m0/s1. The van der Waals surface area contributed by atoms with Gasteiger partial charge < -0.3 is 15.0 Å². The first-order chi connectivity index (χ1) is 12.9. The summed E-state index contributed by atoms with van der Waals surface area (Å²) in [6, 6.07) is 9.98. The molecule has 1 saturated heterocycles. The first-order valence-electron chi connectivity index (χ1n) is 9.50. The molecule has 1 aromatic carbocycles. The van der Waals surface area contributed by atoms with Crippen LogP contribution in [0.3, 0.4) is 0 Å². The molecule has 1 aromatic heterocycles. The molecule has 2 N–H and O–H groups in total. The lowest BCUT2D eigenvalue weighted by molar-refractivity contribution is -0.132. The third-order valence-electron chi connectivity index (χ3n) is 5.39. The van der Waals surface area contributed by atoms with Crippen LogP contribution in [-0.2, 0) is 17.6 Å². The van der Waals surface area contributed by atoms with Gasteiger partial charge in [-0.1, -0.05) is 30.3 Å². The van der Waals surface area contributed by atoms with Crippen molar-refractivity contribution >= 4 is 5.91 Å². The predicted octanol–water partition coefficient (Wildman–Crippen LogP) is 1.77. The maximum atomic E-state index is 12.6. The van der Waals surface area contributed by atoms with Gasteiger partial charge in [-0.3, -0.25) is 9.59 Å². The van der Waals surface area contributed by atoms with Gasteiger partial charge in [0.25, 0.3) is 5.56 Å². The van der Waals surface area contributed by atoms with Gasteiger partial charge in [0, 0.05) is 24.3 Å². The zero-order valence-electron chi connectivity index (χ0n) is 15.9. The molecule has 1 amide bonds. The molecule has 6 heteroatoms. The molecule has 0 bridgehead atoms. The average Bonchev–Trinajstić information content (AvgIpc) is 2.65. The van der Waals surface area contributed by atoms with Crippen molar-refractivity contribution in [3.8, 4) is 0 Å². The van der Waals surface area contributed by atoms with E-state index in [9.17, 15) is 14.7 Å². The molecule has 6 nitrogen and oxygen atoms in total. The van der Waals surface area contributed by atoms with Crippen molar-refractivity contribution in [2.75, 3.05) is 13.1 Å². The molecule has 2 heterocycles. The van der Waals surface area contributed by atoms with Gasteiger partial charge in [-0.2, -0.15) is 0 Å². The topological polar surface area (TPSA) is 86.3 Å². The minimum absolute atomic E-state index is 0.0507. The highest BCUT2D eigenvalue weighted by molar-refractivity contribution is 5.79. The molecule has 1 aliphatic rings. The molecule has 3 rings (SSSR count). The molecule has 1 fully saturated rings. The number of aromatic amines is 1. The Kier molecular flexibility index (Phi) is 6.06. The van der Waals surface area contributed by atoms with Gasteiger partial charge in [0.2, 0.25) is 5.91 Å². The van der Waals surface area contributed by atoms with Crippen molar-refractivity contribution in [2.45, 2.75) is 45.6 Å². The van der Waals surface area contributed by atoms with Crippen LogP contribution in [0.4, 0.5) is 0 Å². The van der Waals surface area contributed by atoms with Gasteiger partial charge in [-0.15, -0.1) is 0 Å². The fraction of sp³-hybridized carbons (Fsp3) is 0.476. The predicted molar refractivity (Wildman–Crippen MR) is 103 cm³/mol. The number of hydrogen-bond donors (Lipinski definition) is 2. The van der Waals surface area contributed by atoms with E-state index in [4.69, 9.17) is 0 Å².